The third-order valence-corrected chi connectivity index (χ3v) is 8.04. The van der Waals surface area contributed by atoms with Gasteiger partial charge in [-0.2, -0.15) is 0 Å². The third-order valence-electron chi connectivity index (χ3n) is 6.91. The number of amides is 1. The number of rotatable bonds is 4. The van der Waals surface area contributed by atoms with E-state index in [0.717, 1.165) is 37.8 Å². The second-order valence-electron chi connectivity index (χ2n) is 9.58. The topological polar surface area (TPSA) is 76.2 Å². The summed E-state index contributed by atoms with van der Waals surface area (Å²) in [6, 6.07) is 7.03. The van der Waals surface area contributed by atoms with Crippen LogP contribution >= 0.6 is 0 Å². The lowest BCUT2D eigenvalue weighted by molar-refractivity contribution is -0.291. The van der Waals surface area contributed by atoms with Crippen LogP contribution in [0.4, 0.5) is 0 Å². The van der Waals surface area contributed by atoms with Crippen molar-refractivity contribution >= 4 is 15.7 Å². The van der Waals surface area contributed by atoms with Crippen molar-refractivity contribution in [3.63, 3.8) is 0 Å². The van der Waals surface area contributed by atoms with Gasteiger partial charge in [-0.25, -0.2) is 8.42 Å². The first-order valence-electron chi connectivity index (χ1n) is 11.3. The molecule has 3 aliphatic rings. The van der Waals surface area contributed by atoms with Crippen molar-refractivity contribution in [3.8, 4) is 0 Å². The van der Waals surface area contributed by atoms with Gasteiger partial charge in [0.2, 0.25) is 5.91 Å². The number of carbonyl (C=O) groups excluding carboxylic acids is 1. The lowest BCUT2D eigenvalue weighted by Gasteiger charge is -2.49. The minimum Gasteiger partial charge on any atom is -0.346 e. The number of hydrogen-bond donors (Lipinski definition) is 0. The Morgan fingerprint density at radius 3 is 2.29 bits per heavy atom. The molecule has 8 heteroatoms. The highest BCUT2D eigenvalue weighted by molar-refractivity contribution is 7.90. The molecule has 3 fully saturated rings. The predicted octanol–water partition coefficient (Wildman–Crippen LogP) is 2.45. The summed E-state index contributed by atoms with van der Waals surface area (Å²) in [5.74, 6) is -0.545. The zero-order valence-corrected chi connectivity index (χ0v) is 19.5. The summed E-state index contributed by atoms with van der Waals surface area (Å²) in [6.07, 6.45) is 6.62. The average molecular weight is 451 g/mol. The van der Waals surface area contributed by atoms with Crippen LogP contribution < -0.4 is 0 Å². The van der Waals surface area contributed by atoms with E-state index in [9.17, 15) is 13.2 Å². The highest BCUT2D eigenvalue weighted by Crippen LogP contribution is 2.38. The van der Waals surface area contributed by atoms with Crippen LogP contribution in [0.5, 0.6) is 0 Å². The molecule has 1 atom stereocenters. The number of ether oxygens (including phenoxy) is 2. The normalized spacial score (nSPS) is 27.4. The summed E-state index contributed by atoms with van der Waals surface area (Å²) in [7, 11) is -3.19. The van der Waals surface area contributed by atoms with Crippen LogP contribution in [0.3, 0.4) is 0 Å². The van der Waals surface area contributed by atoms with Crippen LogP contribution in [-0.2, 0) is 30.7 Å². The minimum atomic E-state index is -3.19. The molecule has 1 spiro atoms. The molecule has 0 aromatic heterocycles. The second kappa shape index (κ2) is 8.81. The third kappa shape index (κ3) is 5.13. The van der Waals surface area contributed by atoms with Gasteiger partial charge in [0, 0.05) is 31.3 Å². The van der Waals surface area contributed by atoms with Gasteiger partial charge in [-0.15, -0.1) is 0 Å². The lowest BCUT2D eigenvalue weighted by atomic mass is 9.74. The van der Waals surface area contributed by atoms with E-state index in [-0.39, 0.29) is 11.3 Å². The summed E-state index contributed by atoms with van der Waals surface area (Å²) in [5, 5.41) is 0. The van der Waals surface area contributed by atoms with E-state index in [4.69, 9.17) is 9.47 Å². The molecule has 31 heavy (non-hydrogen) atoms. The van der Waals surface area contributed by atoms with Crippen LogP contribution in [0.15, 0.2) is 29.2 Å². The Balaban J connectivity index is 1.41. The van der Waals surface area contributed by atoms with Crippen molar-refractivity contribution in [1.82, 2.24) is 9.80 Å². The van der Waals surface area contributed by atoms with Crippen LogP contribution in [0.2, 0.25) is 0 Å². The maximum absolute atomic E-state index is 13.3. The van der Waals surface area contributed by atoms with Gasteiger partial charge in [0.1, 0.15) is 0 Å². The lowest BCUT2D eigenvalue weighted by Crippen LogP contribution is -2.64. The van der Waals surface area contributed by atoms with E-state index in [1.54, 1.807) is 12.1 Å². The maximum atomic E-state index is 13.3. The van der Waals surface area contributed by atoms with E-state index < -0.39 is 15.6 Å². The quantitative estimate of drug-likeness (QED) is 0.701. The van der Waals surface area contributed by atoms with Crippen molar-refractivity contribution in [3.05, 3.63) is 29.8 Å². The first-order chi connectivity index (χ1) is 14.7. The van der Waals surface area contributed by atoms with E-state index in [0.29, 0.717) is 44.3 Å². The van der Waals surface area contributed by atoms with Crippen molar-refractivity contribution in [2.24, 2.45) is 5.41 Å². The molecular formula is C23H34N2O5S. The molecule has 1 aromatic carbocycles. The van der Waals surface area contributed by atoms with Crippen molar-refractivity contribution in [2.45, 2.75) is 56.3 Å². The van der Waals surface area contributed by atoms with Gasteiger partial charge in [0.15, 0.2) is 15.6 Å². The molecule has 1 unspecified atom stereocenters. The van der Waals surface area contributed by atoms with Crippen LogP contribution in [-0.4, -0.2) is 75.6 Å². The highest BCUT2D eigenvalue weighted by atomic mass is 32.2. The van der Waals surface area contributed by atoms with Gasteiger partial charge >= 0.3 is 0 Å². The number of benzene rings is 1. The molecule has 2 heterocycles. The molecule has 172 valence electrons. The Morgan fingerprint density at radius 2 is 1.65 bits per heavy atom. The summed E-state index contributed by atoms with van der Waals surface area (Å²) in [4.78, 5) is 17.9. The zero-order chi connectivity index (χ0) is 22.1. The first-order valence-corrected chi connectivity index (χ1v) is 13.2. The minimum absolute atomic E-state index is 0.243. The van der Waals surface area contributed by atoms with Gasteiger partial charge < -0.3 is 14.4 Å². The first kappa shape index (κ1) is 22.7. The summed E-state index contributed by atoms with van der Waals surface area (Å²) < 4.78 is 35.6. The van der Waals surface area contributed by atoms with E-state index >= 15 is 0 Å². The number of morpholine rings is 2. The molecule has 4 rings (SSSR count). The SMILES string of the molecule is CC1(C(=O)N2CCOC3(CN(Cc4ccc(S(C)(=O)=O)cc4)CCO3)C2)CCCCC1. The van der Waals surface area contributed by atoms with Gasteiger partial charge in [0.25, 0.3) is 0 Å². The Labute approximate surface area is 185 Å². The molecule has 0 bridgehead atoms. The Hall–Kier alpha value is -1.48. The molecule has 0 radical (unpaired) electrons. The monoisotopic (exact) mass is 450 g/mol. The predicted molar refractivity (Wildman–Crippen MR) is 117 cm³/mol. The van der Waals surface area contributed by atoms with Crippen molar-refractivity contribution < 1.29 is 22.7 Å². The molecule has 1 saturated carbocycles. The smallest absolute Gasteiger partial charge is 0.228 e. The van der Waals surface area contributed by atoms with E-state index in [1.807, 2.05) is 17.0 Å². The maximum Gasteiger partial charge on any atom is 0.228 e. The van der Waals surface area contributed by atoms with Crippen molar-refractivity contribution in [2.75, 3.05) is 45.6 Å². The largest absolute Gasteiger partial charge is 0.346 e. The molecule has 2 aliphatic heterocycles. The molecule has 1 amide bonds. The van der Waals surface area contributed by atoms with Gasteiger partial charge in [-0.1, -0.05) is 38.3 Å². The van der Waals surface area contributed by atoms with Crippen molar-refractivity contribution in [1.29, 1.82) is 0 Å². The standard InChI is InChI=1S/C23H34N2O5S/c1-22(10-4-3-5-11-22)21(26)25-13-15-30-23(18-25)17-24(12-14-29-23)16-19-6-8-20(9-7-19)31(2,27)28/h6-9H,3-5,10-18H2,1-2H3. The fourth-order valence-electron chi connectivity index (χ4n) is 5.10. The van der Waals surface area contributed by atoms with Gasteiger partial charge in [-0.3, -0.25) is 9.69 Å². The zero-order valence-electron chi connectivity index (χ0n) is 18.6. The molecule has 7 nitrogen and oxygen atoms in total. The molecule has 2 saturated heterocycles. The summed E-state index contributed by atoms with van der Waals surface area (Å²) in [6.45, 7) is 6.26. The van der Waals surface area contributed by atoms with Crippen LogP contribution in [0.1, 0.15) is 44.6 Å². The highest BCUT2D eigenvalue weighted by Gasteiger charge is 2.46. The fourth-order valence-corrected chi connectivity index (χ4v) is 5.73. The van der Waals surface area contributed by atoms with Crippen LogP contribution in [0, 0.1) is 5.41 Å². The van der Waals surface area contributed by atoms with E-state index in [2.05, 4.69) is 11.8 Å². The Kier molecular flexibility index (Phi) is 6.45. The summed E-state index contributed by atoms with van der Waals surface area (Å²) in [5.41, 5.74) is 0.787. The molecule has 1 aliphatic carbocycles. The van der Waals surface area contributed by atoms with E-state index in [1.165, 1.54) is 12.7 Å². The Morgan fingerprint density at radius 1 is 1.00 bits per heavy atom. The number of carbonyl (C=O) groups is 1. The number of nitrogens with zero attached hydrogens (tertiary/aromatic N) is 2. The molecule has 0 N–H and O–H groups in total. The average Bonchev–Trinajstić information content (AvgIpc) is 2.73. The summed E-state index contributed by atoms with van der Waals surface area (Å²) >= 11 is 0. The number of hydrogen-bond acceptors (Lipinski definition) is 6. The fraction of sp³-hybridized carbons (Fsp3) is 0.696. The Bertz CT molecular complexity index is 891. The second-order valence-corrected chi connectivity index (χ2v) is 11.6. The molecular weight excluding hydrogens is 416 g/mol. The van der Waals surface area contributed by atoms with Gasteiger partial charge in [0.05, 0.1) is 31.2 Å². The number of sulfone groups is 1. The van der Waals surface area contributed by atoms with Gasteiger partial charge in [-0.05, 0) is 30.5 Å². The molecule has 1 aromatic rings. The van der Waals surface area contributed by atoms with Crippen LogP contribution in [0.25, 0.3) is 0 Å².